The SMILES string of the molecule is FCCNCCCCCCCCc1ccc2c(n1)NCCC2. The zero-order valence-electron chi connectivity index (χ0n) is 13.7. The molecule has 1 aromatic rings. The van der Waals surface area contributed by atoms with Gasteiger partial charge in [-0.05, 0) is 50.3 Å². The number of pyridine rings is 1. The van der Waals surface area contributed by atoms with Gasteiger partial charge in [-0.1, -0.05) is 31.7 Å². The molecule has 0 saturated carbocycles. The Kier molecular flexibility index (Phi) is 8.24. The van der Waals surface area contributed by atoms with E-state index in [2.05, 4.69) is 22.8 Å². The number of hydrogen-bond acceptors (Lipinski definition) is 3. The topological polar surface area (TPSA) is 37.0 Å². The quantitative estimate of drug-likeness (QED) is 0.609. The zero-order valence-corrected chi connectivity index (χ0v) is 13.7. The first kappa shape index (κ1) is 17.2. The fraction of sp³-hybridized carbons (Fsp3) is 0.722. The molecule has 22 heavy (non-hydrogen) atoms. The summed E-state index contributed by atoms with van der Waals surface area (Å²) in [4.78, 5) is 4.74. The van der Waals surface area contributed by atoms with Gasteiger partial charge in [-0.3, -0.25) is 0 Å². The van der Waals surface area contributed by atoms with Crippen molar-refractivity contribution in [2.24, 2.45) is 0 Å². The third kappa shape index (κ3) is 6.30. The highest BCUT2D eigenvalue weighted by molar-refractivity contribution is 5.46. The normalized spacial score (nSPS) is 13.7. The first-order valence-electron chi connectivity index (χ1n) is 8.89. The van der Waals surface area contributed by atoms with E-state index in [0.29, 0.717) is 6.54 Å². The van der Waals surface area contributed by atoms with Gasteiger partial charge >= 0.3 is 0 Å². The molecule has 0 aromatic carbocycles. The molecule has 1 aromatic heterocycles. The molecule has 2 N–H and O–H groups in total. The van der Waals surface area contributed by atoms with E-state index >= 15 is 0 Å². The highest BCUT2D eigenvalue weighted by Gasteiger charge is 2.09. The summed E-state index contributed by atoms with van der Waals surface area (Å²) in [5.74, 6) is 1.12. The smallest absolute Gasteiger partial charge is 0.129 e. The van der Waals surface area contributed by atoms with E-state index < -0.39 is 0 Å². The van der Waals surface area contributed by atoms with E-state index in [4.69, 9.17) is 4.98 Å². The van der Waals surface area contributed by atoms with Crippen LogP contribution in [0.1, 0.15) is 56.2 Å². The molecule has 0 amide bonds. The van der Waals surface area contributed by atoms with Crippen LogP contribution in [0.15, 0.2) is 12.1 Å². The number of nitrogens with zero attached hydrogens (tertiary/aromatic N) is 1. The number of aromatic nitrogens is 1. The van der Waals surface area contributed by atoms with Crippen LogP contribution < -0.4 is 10.6 Å². The summed E-state index contributed by atoms with van der Waals surface area (Å²) in [6.07, 6.45) is 11.0. The van der Waals surface area contributed by atoms with Crippen molar-refractivity contribution >= 4 is 5.82 Å². The lowest BCUT2D eigenvalue weighted by atomic mass is 10.0. The van der Waals surface area contributed by atoms with E-state index in [0.717, 1.165) is 38.2 Å². The second kappa shape index (κ2) is 10.5. The maximum Gasteiger partial charge on any atom is 0.129 e. The minimum Gasteiger partial charge on any atom is -0.370 e. The number of hydrogen-bond donors (Lipinski definition) is 2. The summed E-state index contributed by atoms with van der Waals surface area (Å²) in [7, 11) is 0. The van der Waals surface area contributed by atoms with Gasteiger partial charge in [0.05, 0.1) is 0 Å². The van der Waals surface area contributed by atoms with Gasteiger partial charge in [-0.15, -0.1) is 0 Å². The summed E-state index contributed by atoms with van der Waals surface area (Å²) >= 11 is 0. The fourth-order valence-corrected chi connectivity index (χ4v) is 2.96. The monoisotopic (exact) mass is 307 g/mol. The molecule has 0 radical (unpaired) electrons. The molecule has 0 spiro atoms. The predicted molar refractivity (Wildman–Crippen MR) is 91.3 cm³/mol. The average Bonchev–Trinajstić information content (AvgIpc) is 2.56. The third-order valence-electron chi connectivity index (χ3n) is 4.26. The number of anilines is 1. The van der Waals surface area contributed by atoms with Crippen LogP contribution in [0, 0.1) is 0 Å². The molecule has 0 saturated heterocycles. The number of aryl methyl sites for hydroxylation is 2. The second-order valence-corrected chi connectivity index (χ2v) is 6.15. The van der Waals surface area contributed by atoms with Crippen molar-refractivity contribution in [3.8, 4) is 0 Å². The van der Waals surface area contributed by atoms with Crippen molar-refractivity contribution in [2.75, 3.05) is 31.6 Å². The molecule has 4 heteroatoms. The lowest BCUT2D eigenvalue weighted by Gasteiger charge is -2.17. The minimum atomic E-state index is -0.258. The second-order valence-electron chi connectivity index (χ2n) is 6.15. The Bertz CT molecular complexity index is 423. The number of fused-ring (bicyclic) bond motifs is 1. The lowest BCUT2D eigenvalue weighted by molar-refractivity contribution is 0.461. The van der Waals surface area contributed by atoms with Crippen LogP contribution in [-0.2, 0) is 12.8 Å². The first-order chi connectivity index (χ1) is 10.9. The Morgan fingerprint density at radius 3 is 2.73 bits per heavy atom. The number of halogens is 1. The maximum absolute atomic E-state index is 11.9. The van der Waals surface area contributed by atoms with Crippen LogP contribution in [0.3, 0.4) is 0 Å². The van der Waals surface area contributed by atoms with Crippen molar-refractivity contribution in [2.45, 2.75) is 57.8 Å². The highest BCUT2D eigenvalue weighted by atomic mass is 19.1. The molecular weight excluding hydrogens is 277 g/mol. The molecule has 0 unspecified atom stereocenters. The maximum atomic E-state index is 11.9. The van der Waals surface area contributed by atoms with Crippen molar-refractivity contribution < 1.29 is 4.39 Å². The van der Waals surface area contributed by atoms with E-state index in [1.807, 2.05) is 0 Å². The molecule has 124 valence electrons. The van der Waals surface area contributed by atoms with Gasteiger partial charge < -0.3 is 10.6 Å². The Morgan fingerprint density at radius 2 is 1.86 bits per heavy atom. The van der Waals surface area contributed by atoms with Gasteiger partial charge in [-0.2, -0.15) is 0 Å². The lowest BCUT2D eigenvalue weighted by Crippen LogP contribution is -2.17. The van der Waals surface area contributed by atoms with E-state index in [1.165, 1.54) is 49.8 Å². The van der Waals surface area contributed by atoms with Gasteiger partial charge in [0.1, 0.15) is 12.5 Å². The van der Waals surface area contributed by atoms with Gasteiger partial charge in [0.15, 0.2) is 0 Å². The number of alkyl halides is 1. The summed E-state index contributed by atoms with van der Waals surface area (Å²) in [5.41, 5.74) is 2.60. The summed E-state index contributed by atoms with van der Waals surface area (Å²) < 4.78 is 11.9. The van der Waals surface area contributed by atoms with Gasteiger partial charge in [0.2, 0.25) is 0 Å². The van der Waals surface area contributed by atoms with Crippen molar-refractivity contribution in [1.29, 1.82) is 0 Å². The molecule has 2 rings (SSSR count). The fourth-order valence-electron chi connectivity index (χ4n) is 2.96. The average molecular weight is 307 g/mol. The summed E-state index contributed by atoms with van der Waals surface area (Å²) in [5, 5.41) is 6.50. The van der Waals surface area contributed by atoms with Gasteiger partial charge in [0.25, 0.3) is 0 Å². The molecule has 1 aliphatic heterocycles. The number of unbranched alkanes of at least 4 members (excludes halogenated alkanes) is 5. The van der Waals surface area contributed by atoms with Crippen LogP contribution in [0.2, 0.25) is 0 Å². The Balaban J connectivity index is 1.50. The van der Waals surface area contributed by atoms with Crippen molar-refractivity contribution in [1.82, 2.24) is 10.3 Å². The molecule has 1 aliphatic rings. The molecule has 0 atom stereocenters. The van der Waals surface area contributed by atoms with Crippen molar-refractivity contribution in [3.63, 3.8) is 0 Å². The minimum absolute atomic E-state index is 0.258. The van der Waals surface area contributed by atoms with Crippen LogP contribution in [0.25, 0.3) is 0 Å². The van der Waals surface area contributed by atoms with E-state index in [9.17, 15) is 4.39 Å². The summed E-state index contributed by atoms with van der Waals surface area (Å²) in [6.45, 7) is 2.26. The largest absolute Gasteiger partial charge is 0.370 e. The van der Waals surface area contributed by atoms with Gasteiger partial charge in [-0.25, -0.2) is 9.37 Å². The summed E-state index contributed by atoms with van der Waals surface area (Å²) in [6, 6.07) is 4.44. The molecule has 2 heterocycles. The predicted octanol–water partition coefficient (Wildman–Crippen LogP) is 3.88. The van der Waals surface area contributed by atoms with Crippen molar-refractivity contribution in [3.05, 3.63) is 23.4 Å². The molecular formula is C18H30FN3. The standard InChI is InChI=1S/C18H30FN3/c19-12-15-20-13-6-4-2-1-3-5-9-17-11-10-16-8-7-14-21-18(16)22-17/h10-11,20H,1-9,12-15H2,(H,21,22). The van der Waals surface area contributed by atoms with E-state index in [-0.39, 0.29) is 6.67 Å². The Morgan fingerprint density at radius 1 is 1.05 bits per heavy atom. The molecule has 0 fully saturated rings. The van der Waals surface area contributed by atoms with E-state index in [1.54, 1.807) is 0 Å². The molecule has 0 bridgehead atoms. The molecule has 3 nitrogen and oxygen atoms in total. The number of rotatable bonds is 11. The zero-order chi connectivity index (χ0) is 15.5. The van der Waals surface area contributed by atoms with Crippen LogP contribution in [-0.4, -0.2) is 31.3 Å². The third-order valence-corrected chi connectivity index (χ3v) is 4.26. The van der Waals surface area contributed by atoms with Crippen LogP contribution in [0.5, 0.6) is 0 Å². The number of nitrogens with one attached hydrogen (secondary N) is 2. The highest BCUT2D eigenvalue weighted by Crippen LogP contribution is 2.20. The van der Waals surface area contributed by atoms with Gasteiger partial charge in [0, 0.05) is 18.8 Å². The Hall–Kier alpha value is -1.16. The Labute approximate surface area is 134 Å². The van der Waals surface area contributed by atoms with Crippen LogP contribution in [0.4, 0.5) is 10.2 Å². The molecule has 0 aliphatic carbocycles. The van der Waals surface area contributed by atoms with Crippen LogP contribution >= 0.6 is 0 Å². The first-order valence-corrected chi connectivity index (χ1v) is 8.89.